The van der Waals surface area contributed by atoms with Crippen LogP contribution in [-0.2, 0) is 0 Å². The van der Waals surface area contributed by atoms with Crippen LogP contribution in [0.1, 0.15) is 17.3 Å². The van der Waals surface area contributed by atoms with Gasteiger partial charge in [-0.15, -0.1) is 0 Å². The highest BCUT2D eigenvalue weighted by molar-refractivity contribution is 6.04. The summed E-state index contributed by atoms with van der Waals surface area (Å²) < 4.78 is 0. The van der Waals surface area contributed by atoms with E-state index in [1.54, 1.807) is 0 Å². The zero-order valence-electron chi connectivity index (χ0n) is 12.7. The monoisotopic (exact) mass is 283 g/mol. The van der Waals surface area contributed by atoms with Crippen molar-refractivity contribution in [2.24, 2.45) is 0 Å². The number of hydrogen-bond acceptors (Lipinski definition) is 3. The van der Waals surface area contributed by atoms with Gasteiger partial charge in [0.05, 0.1) is 0 Å². The Hall–Kier alpha value is -2.49. The van der Waals surface area contributed by atoms with Crippen molar-refractivity contribution >= 4 is 23.0 Å². The van der Waals surface area contributed by atoms with E-state index in [4.69, 9.17) is 0 Å². The lowest BCUT2D eigenvalue weighted by molar-refractivity contribution is 0.102. The summed E-state index contributed by atoms with van der Waals surface area (Å²) in [6, 6.07) is 15.2. The molecule has 2 aromatic carbocycles. The van der Waals surface area contributed by atoms with E-state index in [0.717, 1.165) is 23.6 Å². The van der Waals surface area contributed by atoms with Gasteiger partial charge < -0.3 is 15.5 Å². The van der Waals surface area contributed by atoms with Gasteiger partial charge in [-0.05, 0) is 55.5 Å². The fourth-order valence-corrected chi connectivity index (χ4v) is 1.99. The van der Waals surface area contributed by atoms with E-state index >= 15 is 0 Å². The summed E-state index contributed by atoms with van der Waals surface area (Å²) in [6.07, 6.45) is 0. The summed E-state index contributed by atoms with van der Waals surface area (Å²) in [5, 5.41) is 6.10. The maximum absolute atomic E-state index is 12.2. The van der Waals surface area contributed by atoms with Gasteiger partial charge in [-0.2, -0.15) is 0 Å². The number of nitrogens with zero attached hydrogens (tertiary/aromatic N) is 1. The second-order valence-electron chi connectivity index (χ2n) is 5.00. The molecule has 21 heavy (non-hydrogen) atoms. The Kier molecular flexibility index (Phi) is 4.82. The van der Waals surface area contributed by atoms with Gasteiger partial charge in [-0.3, -0.25) is 4.79 Å². The molecule has 0 unspecified atom stereocenters. The predicted molar refractivity (Wildman–Crippen MR) is 89.3 cm³/mol. The first-order valence-corrected chi connectivity index (χ1v) is 7.03. The molecule has 2 N–H and O–H groups in total. The normalized spacial score (nSPS) is 10.0. The number of amides is 1. The molecule has 4 heteroatoms. The summed E-state index contributed by atoms with van der Waals surface area (Å²) in [4.78, 5) is 14.2. The highest BCUT2D eigenvalue weighted by Gasteiger charge is 2.06. The molecule has 2 aromatic rings. The van der Waals surface area contributed by atoms with Crippen LogP contribution >= 0.6 is 0 Å². The smallest absolute Gasteiger partial charge is 0.255 e. The summed E-state index contributed by atoms with van der Waals surface area (Å²) in [5.74, 6) is -0.101. The molecule has 110 valence electrons. The third-order valence-electron chi connectivity index (χ3n) is 3.17. The van der Waals surface area contributed by atoms with E-state index in [9.17, 15) is 4.79 Å². The van der Waals surface area contributed by atoms with Gasteiger partial charge in [0, 0.05) is 43.3 Å². The SMILES string of the molecule is CCNc1ccc(C(=O)Nc2ccc(N(C)C)cc2)cc1. The van der Waals surface area contributed by atoms with Gasteiger partial charge >= 0.3 is 0 Å². The molecular formula is C17H21N3O. The van der Waals surface area contributed by atoms with Crippen LogP contribution in [0.2, 0.25) is 0 Å². The minimum Gasteiger partial charge on any atom is -0.385 e. The van der Waals surface area contributed by atoms with Crippen molar-refractivity contribution in [1.82, 2.24) is 0 Å². The number of anilines is 3. The Morgan fingerprint density at radius 3 is 2.05 bits per heavy atom. The number of carbonyl (C=O) groups is 1. The first-order chi connectivity index (χ1) is 10.1. The Morgan fingerprint density at radius 1 is 0.952 bits per heavy atom. The molecule has 1 amide bonds. The minimum atomic E-state index is -0.101. The Morgan fingerprint density at radius 2 is 1.52 bits per heavy atom. The number of carbonyl (C=O) groups excluding carboxylic acids is 1. The van der Waals surface area contributed by atoms with Crippen molar-refractivity contribution in [2.75, 3.05) is 36.2 Å². The van der Waals surface area contributed by atoms with Crippen molar-refractivity contribution in [3.63, 3.8) is 0 Å². The Labute approximate surface area is 125 Å². The van der Waals surface area contributed by atoms with E-state index in [-0.39, 0.29) is 5.91 Å². The zero-order valence-corrected chi connectivity index (χ0v) is 12.7. The molecule has 4 nitrogen and oxygen atoms in total. The van der Waals surface area contributed by atoms with E-state index in [1.807, 2.05) is 74.4 Å². The largest absolute Gasteiger partial charge is 0.385 e. The van der Waals surface area contributed by atoms with Crippen molar-refractivity contribution in [1.29, 1.82) is 0 Å². The van der Waals surface area contributed by atoms with Crippen LogP contribution in [0, 0.1) is 0 Å². The molecule has 0 fully saturated rings. The number of hydrogen-bond donors (Lipinski definition) is 2. The van der Waals surface area contributed by atoms with Gasteiger partial charge in [-0.1, -0.05) is 0 Å². The Balaban J connectivity index is 2.03. The molecule has 0 radical (unpaired) electrons. The molecule has 0 saturated heterocycles. The van der Waals surface area contributed by atoms with Crippen LogP contribution in [0.3, 0.4) is 0 Å². The van der Waals surface area contributed by atoms with Gasteiger partial charge in [-0.25, -0.2) is 0 Å². The first kappa shape index (κ1) is 14.9. The molecule has 0 aliphatic carbocycles. The van der Waals surface area contributed by atoms with E-state index in [1.165, 1.54) is 0 Å². The lowest BCUT2D eigenvalue weighted by Gasteiger charge is -2.13. The van der Waals surface area contributed by atoms with Gasteiger partial charge in [0.15, 0.2) is 0 Å². The second kappa shape index (κ2) is 6.79. The molecule has 0 bridgehead atoms. The average Bonchev–Trinajstić information content (AvgIpc) is 2.49. The van der Waals surface area contributed by atoms with Crippen LogP contribution in [0.4, 0.5) is 17.1 Å². The molecule has 0 aliphatic rings. The summed E-state index contributed by atoms with van der Waals surface area (Å²) in [7, 11) is 3.97. The van der Waals surface area contributed by atoms with Crippen LogP contribution in [0.15, 0.2) is 48.5 Å². The van der Waals surface area contributed by atoms with Crippen LogP contribution in [0.5, 0.6) is 0 Å². The third-order valence-corrected chi connectivity index (χ3v) is 3.17. The number of nitrogens with one attached hydrogen (secondary N) is 2. The van der Waals surface area contributed by atoms with E-state index in [0.29, 0.717) is 5.56 Å². The molecule has 2 rings (SSSR count). The van der Waals surface area contributed by atoms with Gasteiger partial charge in [0.2, 0.25) is 0 Å². The molecular weight excluding hydrogens is 262 g/mol. The fourth-order valence-electron chi connectivity index (χ4n) is 1.99. The summed E-state index contributed by atoms with van der Waals surface area (Å²) in [6.45, 7) is 2.90. The molecule has 0 aromatic heterocycles. The summed E-state index contributed by atoms with van der Waals surface area (Å²) >= 11 is 0. The zero-order chi connectivity index (χ0) is 15.2. The number of benzene rings is 2. The van der Waals surface area contributed by atoms with Crippen molar-refractivity contribution in [3.05, 3.63) is 54.1 Å². The van der Waals surface area contributed by atoms with Gasteiger partial charge in [0.1, 0.15) is 0 Å². The quantitative estimate of drug-likeness (QED) is 0.883. The Bertz CT molecular complexity index is 588. The van der Waals surface area contributed by atoms with Crippen LogP contribution in [-0.4, -0.2) is 26.5 Å². The van der Waals surface area contributed by atoms with Crippen molar-refractivity contribution in [3.8, 4) is 0 Å². The molecule has 0 atom stereocenters. The van der Waals surface area contributed by atoms with E-state index < -0.39 is 0 Å². The van der Waals surface area contributed by atoms with E-state index in [2.05, 4.69) is 10.6 Å². The van der Waals surface area contributed by atoms with Crippen molar-refractivity contribution < 1.29 is 4.79 Å². The lowest BCUT2D eigenvalue weighted by atomic mass is 10.2. The van der Waals surface area contributed by atoms with Crippen LogP contribution in [0.25, 0.3) is 0 Å². The van der Waals surface area contributed by atoms with Gasteiger partial charge in [0.25, 0.3) is 5.91 Å². The molecule has 0 saturated carbocycles. The van der Waals surface area contributed by atoms with Crippen LogP contribution < -0.4 is 15.5 Å². The third kappa shape index (κ3) is 3.99. The molecule has 0 aliphatic heterocycles. The second-order valence-corrected chi connectivity index (χ2v) is 5.00. The summed E-state index contributed by atoms with van der Waals surface area (Å²) in [5.41, 5.74) is 3.56. The van der Waals surface area contributed by atoms with Crippen molar-refractivity contribution in [2.45, 2.75) is 6.92 Å². The maximum atomic E-state index is 12.2. The fraction of sp³-hybridized carbons (Fsp3) is 0.235. The standard InChI is InChI=1S/C17H21N3O/c1-4-18-14-7-5-13(6-8-14)17(21)19-15-9-11-16(12-10-15)20(2)3/h5-12,18H,4H2,1-3H3,(H,19,21). The highest BCUT2D eigenvalue weighted by atomic mass is 16.1. The average molecular weight is 283 g/mol. The molecule has 0 heterocycles. The predicted octanol–water partition coefficient (Wildman–Crippen LogP) is 3.44. The maximum Gasteiger partial charge on any atom is 0.255 e. The lowest BCUT2D eigenvalue weighted by Crippen LogP contribution is -2.12. The minimum absolute atomic E-state index is 0.101. The number of rotatable bonds is 5. The molecule has 0 spiro atoms. The first-order valence-electron chi connectivity index (χ1n) is 7.03. The highest BCUT2D eigenvalue weighted by Crippen LogP contribution is 2.17. The topological polar surface area (TPSA) is 44.4 Å².